The van der Waals surface area contributed by atoms with Crippen LogP contribution in [0.5, 0.6) is 0 Å². The van der Waals surface area contributed by atoms with Gasteiger partial charge in [-0.15, -0.1) is 0 Å². The highest BCUT2D eigenvalue weighted by atomic mass is 32.2. The molecule has 2 N–H and O–H groups in total. The molecule has 1 aromatic rings. The highest BCUT2D eigenvalue weighted by molar-refractivity contribution is 7.89. The van der Waals surface area contributed by atoms with Gasteiger partial charge >= 0.3 is 0 Å². The van der Waals surface area contributed by atoms with Gasteiger partial charge in [0, 0.05) is 19.2 Å². The molecule has 0 atom stereocenters. The molecule has 1 rings (SSSR count). The maximum Gasteiger partial charge on any atom is 0.241 e. The molecule has 1 aromatic carbocycles. The predicted molar refractivity (Wildman–Crippen MR) is 64.1 cm³/mol. The Morgan fingerprint density at radius 2 is 2.11 bits per heavy atom. The Labute approximate surface area is 106 Å². The van der Waals surface area contributed by atoms with E-state index < -0.39 is 22.4 Å². The minimum atomic E-state index is -3.80. The number of ether oxygens (including phenoxy) is 1. The lowest BCUT2D eigenvalue weighted by atomic mass is 10.1. The van der Waals surface area contributed by atoms with Crippen LogP contribution in [-0.2, 0) is 21.4 Å². The summed E-state index contributed by atoms with van der Waals surface area (Å²) in [6.45, 7) is 1.28. The summed E-state index contributed by atoms with van der Waals surface area (Å²) in [7, 11) is -2.35. The van der Waals surface area contributed by atoms with Gasteiger partial charge in [0.1, 0.15) is 5.82 Å². The van der Waals surface area contributed by atoms with E-state index in [0.717, 1.165) is 6.07 Å². The summed E-state index contributed by atoms with van der Waals surface area (Å²) >= 11 is 0. The van der Waals surface area contributed by atoms with Gasteiger partial charge in [-0.3, -0.25) is 0 Å². The number of methoxy groups -OCH3 is 1. The van der Waals surface area contributed by atoms with Crippen molar-refractivity contribution in [1.29, 1.82) is 0 Å². The lowest BCUT2D eigenvalue weighted by Crippen LogP contribution is -2.28. The standard InChI is InChI=1S/C11H16FNO4S/c1-8-10(12)5-9(7-14)6-11(8)18(15,16)13-3-4-17-2/h5-6,13-14H,3-4,7H2,1-2H3. The zero-order valence-electron chi connectivity index (χ0n) is 10.2. The van der Waals surface area contributed by atoms with E-state index in [9.17, 15) is 12.8 Å². The second-order valence-electron chi connectivity index (χ2n) is 3.75. The van der Waals surface area contributed by atoms with Gasteiger partial charge in [-0.25, -0.2) is 17.5 Å². The molecular weight excluding hydrogens is 261 g/mol. The predicted octanol–water partition coefficient (Wildman–Crippen LogP) is 0.551. The van der Waals surface area contributed by atoms with Gasteiger partial charge in [0.2, 0.25) is 10.0 Å². The first kappa shape index (κ1) is 15.0. The molecule has 0 aliphatic carbocycles. The van der Waals surface area contributed by atoms with Crippen molar-refractivity contribution < 1.29 is 22.7 Å². The first-order chi connectivity index (χ1) is 8.42. The van der Waals surface area contributed by atoms with Gasteiger partial charge in [0.05, 0.1) is 18.1 Å². The minimum Gasteiger partial charge on any atom is -0.392 e. The zero-order chi connectivity index (χ0) is 13.8. The number of halogens is 1. The second kappa shape index (κ2) is 6.24. The third-order valence-corrected chi connectivity index (χ3v) is 4.01. The lowest BCUT2D eigenvalue weighted by Gasteiger charge is -2.11. The largest absolute Gasteiger partial charge is 0.392 e. The van der Waals surface area contributed by atoms with Crippen molar-refractivity contribution in [3.63, 3.8) is 0 Å². The van der Waals surface area contributed by atoms with E-state index in [1.54, 1.807) is 0 Å². The molecule has 0 heterocycles. The molecule has 7 heteroatoms. The van der Waals surface area contributed by atoms with Gasteiger partial charge in [-0.2, -0.15) is 0 Å². The smallest absolute Gasteiger partial charge is 0.241 e. The zero-order valence-corrected chi connectivity index (χ0v) is 11.1. The van der Waals surface area contributed by atoms with E-state index in [1.165, 1.54) is 20.1 Å². The molecule has 0 spiro atoms. The Balaban J connectivity index is 3.11. The molecule has 0 aromatic heterocycles. The first-order valence-corrected chi connectivity index (χ1v) is 6.79. The van der Waals surface area contributed by atoms with Crippen LogP contribution >= 0.6 is 0 Å². The highest BCUT2D eigenvalue weighted by Crippen LogP contribution is 2.20. The molecular formula is C11H16FNO4S. The van der Waals surface area contributed by atoms with Crippen molar-refractivity contribution in [3.8, 4) is 0 Å². The molecule has 0 unspecified atom stereocenters. The van der Waals surface area contributed by atoms with Crippen LogP contribution in [0.3, 0.4) is 0 Å². The number of sulfonamides is 1. The van der Waals surface area contributed by atoms with E-state index in [-0.39, 0.29) is 29.2 Å². The highest BCUT2D eigenvalue weighted by Gasteiger charge is 2.19. The quantitative estimate of drug-likeness (QED) is 0.745. The van der Waals surface area contributed by atoms with Gasteiger partial charge < -0.3 is 9.84 Å². The van der Waals surface area contributed by atoms with Crippen molar-refractivity contribution in [2.45, 2.75) is 18.4 Å². The Hall–Kier alpha value is -1.02. The number of aliphatic hydroxyl groups is 1. The normalized spacial score (nSPS) is 11.8. The summed E-state index contributed by atoms with van der Waals surface area (Å²) < 4.78 is 44.4. The number of rotatable bonds is 6. The van der Waals surface area contributed by atoms with Crippen molar-refractivity contribution in [2.75, 3.05) is 20.3 Å². The molecule has 0 saturated carbocycles. The molecule has 0 amide bonds. The molecule has 0 radical (unpaired) electrons. The van der Waals surface area contributed by atoms with Crippen molar-refractivity contribution >= 4 is 10.0 Å². The van der Waals surface area contributed by atoms with E-state index in [4.69, 9.17) is 9.84 Å². The van der Waals surface area contributed by atoms with Gasteiger partial charge in [-0.1, -0.05) is 0 Å². The van der Waals surface area contributed by atoms with Gasteiger partial charge in [0.15, 0.2) is 0 Å². The minimum absolute atomic E-state index is 0.0251. The van der Waals surface area contributed by atoms with Gasteiger partial charge in [-0.05, 0) is 24.6 Å². The van der Waals surface area contributed by atoms with Crippen LogP contribution in [0.2, 0.25) is 0 Å². The van der Waals surface area contributed by atoms with Crippen molar-refractivity contribution in [1.82, 2.24) is 4.72 Å². The van der Waals surface area contributed by atoms with Crippen molar-refractivity contribution in [3.05, 3.63) is 29.1 Å². The first-order valence-electron chi connectivity index (χ1n) is 5.31. The summed E-state index contributed by atoms with van der Waals surface area (Å²) in [5.41, 5.74) is 0.238. The average Bonchev–Trinajstić information content (AvgIpc) is 2.32. The van der Waals surface area contributed by atoms with Crippen LogP contribution in [0.25, 0.3) is 0 Å². The lowest BCUT2D eigenvalue weighted by molar-refractivity contribution is 0.204. The van der Waals surface area contributed by atoms with Crippen LogP contribution in [0.4, 0.5) is 4.39 Å². The second-order valence-corrected chi connectivity index (χ2v) is 5.48. The number of nitrogens with one attached hydrogen (secondary N) is 1. The number of benzene rings is 1. The third kappa shape index (κ3) is 3.49. The van der Waals surface area contributed by atoms with E-state index in [0.29, 0.717) is 0 Å². The fourth-order valence-corrected chi connectivity index (χ4v) is 2.75. The average molecular weight is 277 g/mol. The number of hydrogen-bond acceptors (Lipinski definition) is 4. The topological polar surface area (TPSA) is 75.6 Å². The molecule has 18 heavy (non-hydrogen) atoms. The van der Waals surface area contributed by atoms with Crippen LogP contribution < -0.4 is 4.72 Å². The molecule has 0 aliphatic rings. The van der Waals surface area contributed by atoms with Gasteiger partial charge in [0.25, 0.3) is 0 Å². The molecule has 0 fully saturated rings. The summed E-state index contributed by atoms with van der Waals surface area (Å²) in [6, 6.07) is 2.37. The number of hydrogen-bond donors (Lipinski definition) is 2. The molecule has 0 saturated heterocycles. The number of aliphatic hydroxyl groups excluding tert-OH is 1. The summed E-state index contributed by atoms with van der Waals surface area (Å²) in [4.78, 5) is -0.164. The molecule has 0 aliphatic heterocycles. The Bertz CT molecular complexity index is 516. The fourth-order valence-electron chi connectivity index (χ4n) is 1.43. The maximum atomic E-state index is 13.5. The molecule has 5 nitrogen and oxygen atoms in total. The Kier molecular flexibility index (Phi) is 5.21. The summed E-state index contributed by atoms with van der Waals surface area (Å²) in [5, 5.41) is 8.96. The molecule has 0 bridgehead atoms. The maximum absolute atomic E-state index is 13.5. The van der Waals surface area contributed by atoms with E-state index >= 15 is 0 Å². The SMILES string of the molecule is COCCNS(=O)(=O)c1cc(CO)cc(F)c1C. The van der Waals surface area contributed by atoms with E-state index in [2.05, 4.69) is 4.72 Å². The van der Waals surface area contributed by atoms with E-state index in [1.807, 2.05) is 0 Å². The monoisotopic (exact) mass is 277 g/mol. The Morgan fingerprint density at radius 1 is 1.44 bits per heavy atom. The van der Waals surface area contributed by atoms with Crippen molar-refractivity contribution in [2.24, 2.45) is 0 Å². The van der Waals surface area contributed by atoms with Crippen LogP contribution in [0.1, 0.15) is 11.1 Å². The van der Waals surface area contributed by atoms with Crippen LogP contribution in [0, 0.1) is 12.7 Å². The summed E-state index contributed by atoms with van der Waals surface area (Å²) in [5.74, 6) is -0.659. The fraction of sp³-hybridized carbons (Fsp3) is 0.455. The Morgan fingerprint density at radius 3 is 2.67 bits per heavy atom. The summed E-state index contributed by atoms with van der Waals surface area (Å²) in [6.07, 6.45) is 0. The third-order valence-electron chi connectivity index (χ3n) is 2.43. The molecule has 102 valence electrons. The van der Waals surface area contributed by atoms with Crippen LogP contribution in [0.15, 0.2) is 17.0 Å². The van der Waals surface area contributed by atoms with Crippen LogP contribution in [-0.4, -0.2) is 33.8 Å².